The van der Waals surface area contributed by atoms with Crippen LogP contribution in [-0.4, -0.2) is 64.2 Å². The Balaban J connectivity index is 1.41. The number of pyridine rings is 1. The van der Waals surface area contributed by atoms with Crippen LogP contribution in [0.5, 0.6) is 0 Å². The Hall–Kier alpha value is -3.95. The van der Waals surface area contributed by atoms with Crippen LogP contribution in [0.1, 0.15) is 24.2 Å². The molecule has 10 nitrogen and oxygen atoms in total. The Morgan fingerprint density at radius 1 is 1.06 bits per heavy atom. The minimum Gasteiger partial charge on any atom is -0.462 e. The first-order chi connectivity index (χ1) is 16.0. The third kappa shape index (κ3) is 4.64. The summed E-state index contributed by atoms with van der Waals surface area (Å²) in [5, 5.41) is 2.84. The maximum atomic E-state index is 13.0. The van der Waals surface area contributed by atoms with Gasteiger partial charge in [-0.2, -0.15) is 0 Å². The van der Waals surface area contributed by atoms with E-state index < -0.39 is 5.97 Å². The Kier molecular flexibility index (Phi) is 6.53. The average molecular weight is 450 g/mol. The monoisotopic (exact) mass is 450 g/mol. The summed E-state index contributed by atoms with van der Waals surface area (Å²) in [6.45, 7) is 6.34. The van der Waals surface area contributed by atoms with E-state index in [0.29, 0.717) is 67.6 Å². The molecule has 3 aromatic rings. The Morgan fingerprint density at radius 2 is 1.79 bits per heavy atom. The highest BCUT2D eigenvalue weighted by molar-refractivity contribution is 5.92. The topological polar surface area (TPSA) is 110 Å². The van der Waals surface area contributed by atoms with Crippen LogP contribution in [0.3, 0.4) is 0 Å². The number of hydrogen-bond acceptors (Lipinski definition) is 7. The molecule has 0 saturated carbocycles. The van der Waals surface area contributed by atoms with Crippen molar-refractivity contribution in [2.45, 2.75) is 20.4 Å². The number of piperazine rings is 1. The summed E-state index contributed by atoms with van der Waals surface area (Å²) < 4.78 is 6.59. The first-order valence-corrected chi connectivity index (χ1v) is 11.0. The second kappa shape index (κ2) is 9.68. The molecule has 0 bridgehead atoms. The molecule has 0 radical (unpaired) electrons. The van der Waals surface area contributed by atoms with Crippen LogP contribution in [0, 0.1) is 0 Å². The molecule has 0 unspecified atom stereocenters. The molecule has 1 saturated heterocycles. The van der Waals surface area contributed by atoms with Crippen molar-refractivity contribution in [3.05, 3.63) is 58.5 Å². The lowest BCUT2D eigenvalue weighted by molar-refractivity contribution is 0.0526. The molecule has 33 heavy (non-hydrogen) atoms. The van der Waals surface area contributed by atoms with Gasteiger partial charge in [0, 0.05) is 44.6 Å². The molecule has 1 aliphatic heterocycles. The number of carbonyl (C=O) groups is 2. The number of fused-ring (bicyclic) bond motifs is 1. The van der Waals surface area contributed by atoms with Gasteiger partial charge in [-0.25, -0.2) is 19.6 Å². The van der Waals surface area contributed by atoms with Crippen molar-refractivity contribution in [3.8, 4) is 0 Å². The number of amides is 2. The third-order valence-corrected chi connectivity index (χ3v) is 5.51. The predicted molar refractivity (Wildman–Crippen MR) is 125 cm³/mol. The zero-order chi connectivity index (χ0) is 23.4. The molecule has 4 rings (SSSR count). The van der Waals surface area contributed by atoms with Crippen LogP contribution >= 0.6 is 0 Å². The lowest BCUT2D eigenvalue weighted by Gasteiger charge is -2.35. The van der Waals surface area contributed by atoms with E-state index in [2.05, 4.69) is 15.3 Å². The van der Waals surface area contributed by atoms with Crippen molar-refractivity contribution in [3.63, 3.8) is 0 Å². The highest BCUT2D eigenvalue weighted by Gasteiger charge is 2.25. The number of anilines is 2. The van der Waals surface area contributed by atoms with Crippen LogP contribution < -0.4 is 15.8 Å². The number of esters is 1. The summed E-state index contributed by atoms with van der Waals surface area (Å²) in [5.41, 5.74) is 2.08. The zero-order valence-electron chi connectivity index (χ0n) is 18.7. The van der Waals surface area contributed by atoms with E-state index >= 15 is 0 Å². The van der Waals surface area contributed by atoms with E-state index in [1.807, 2.05) is 17.9 Å². The number of urea groups is 1. The number of aryl methyl sites for hydroxylation is 1. The maximum Gasteiger partial charge on any atom is 0.338 e. The second-order valence-corrected chi connectivity index (χ2v) is 7.53. The molecule has 1 fully saturated rings. The molecular formula is C23H26N6O4. The van der Waals surface area contributed by atoms with Crippen molar-refractivity contribution in [2.75, 3.05) is 43.0 Å². The average Bonchev–Trinajstić information content (AvgIpc) is 2.84. The molecule has 2 amide bonds. The van der Waals surface area contributed by atoms with Gasteiger partial charge in [0.05, 0.1) is 12.2 Å². The van der Waals surface area contributed by atoms with Gasteiger partial charge in [-0.3, -0.25) is 9.36 Å². The number of carbonyl (C=O) groups excluding carboxylic acids is 2. The smallest absolute Gasteiger partial charge is 0.338 e. The summed E-state index contributed by atoms with van der Waals surface area (Å²) >= 11 is 0. The quantitative estimate of drug-likeness (QED) is 0.594. The van der Waals surface area contributed by atoms with E-state index in [0.717, 1.165) is 0 Å². The second-order valence-electron chi connectivity index (χ2n) is 7.53. The molecule has 0 atom stereocenters. The van der Waals surface area contributed by atoms with Gasteiger partial charge in [-0.15, -0.1) is 0 Å². The molecule has 1 aromatic carbocycles. The van der Waals surface area contributed by atoms with Gasteiger partial charge in [0.15, 0.2) is 11.5 Å². The SMILES string of the molecule is CCOC(=O)c1ccc(NC(=O)N2CCN(c3nc4cccnc4n(CC)c3=O)CC2)cc1. The van der Waals surface area contributed by atoms with Gasteiger partial charge in [0.1, 0.15) is 5.52 Å². The summed E-state index contributed by atoms with van der Waals surface area (Å²) in [7, 11) is 0. The molecule has 3 heterocycles. The Morgan fingerprint density at radius 3 is 2.45 bits per heavy atom. The highest BCUT2D eigenvalue weighted by Crippen LogP contribution is 2.16. The van der Waals surface area contributed by atoms with Crippen molar-refractivity contribution in [2.24, 2.45) is 0 Å². The number of hydrogen-bond donors (Lipinski definition) is 1. The largest absolute Gasteiger partial charge is 0.462 e. The molecule has 1 aliphatic rings. The molecular weight excluding hydrogens is 424 g/mol. The molecule has 0 spiro atoms. The summed E-state index contributed by atoms with van der Waals surface area (Å²) in [6.07, 6.45) is 1.65. The third-order valence-electron chi connectivity index (χ3n) is 5.51. The molecule has 10 heteroatoms. The van der Waals surface area contributed by atoms with Crippen LogP contribution in [0.25, 0.3) is 11.2 Å². The molecule has 2 aromatic heterocycles. The summed E-state index contributed by atoms with van der Waals surface area (Å²) in [4.78, 5) is 49.9. The fraction of sp³-hybridized carbons (Fsp3) is 0.348. The molecule has 0 aliphatic carbocycles. The van der Waals surface area contributed by atoms with Gasteiger partial charge < -0.3 is 19.9 Å². The number of aromatic nitrogens is 3. The zero-order valence-corrected chi connectivity index (χ0v) is 18.7. The fourth-order valence-corrected chi connectivity index (χ4v) is 3.79. The van der Waals surface area contributed by atoms with Crippen molar-refractivity contribution >= 4 is 34.7 Å². The van der Waals surface area contributed by atoms with Gasteiger partial charge in [0.2, 0.25) is 0 Å². The number of rotatable bonds is 5. The summed E-state index contributed by atoms with van der Waals surface area (Å²) in [6, 6.07) is 9.97. The Labute approximate surface area is 190 Å². The number of benzene rings is 1. The normalized spacial score (nSPS) is 13.8. The van der Waals surface area contributed by atoms with Crippen LogP contribution in [0.4, 0.5) is 16.3 Å². The van der Waals surface area contributed by atoms with Gasteiger partial charge >= 0.3 is 12.0 Å². The Bertz CT molecular complexity index is 1220. The van der Waals surface area contributed by atoms with Crippen LogP contribution in [0.2, 0.25) is 0 Å². The van der Waals surface area contributed by atoms with E-state index in [4.69, 9.17) is 4.74 Å². The lowest BCUT2D eigenvalue weighted by Crippen LogP contribution is -2.51. The van der Waals surface area contributed by atoms with Gasteiger partial charge in [0.25, 0.3) is 5.56 Å². The number of ether oxygens (including phenoxy) is 1. The fourth-order valence-electron chi connectivity index (χ4n) is 3.79. The first kappa shape index (κ1) is 22.3. The highest BCUT2D eigenvalue weighted by atomic mass is 16.5. The molecule has 1 N–H and O–H groups in total. The van der Waals surface area contributed by atoms with Crippen molar-refractivity contribution < 1.29 is 14.3 Å². The van der Waals surface area contributed by atoms with Gasteiger partial charge in [-0.1, -0.05) is 0 Å². The van der Waals surface area contributed by atoms with Crippen molar-refractivity contribution in [1.82, 2.24) is 19.4 Å². The molecule has 172 valence electrons. The van der Waals surface area contributed by atoms with E-state index in [9.17, 15) is 14.4 Å². The standard InChI is InChI=1S/C23H26N6O4/c1-3-29-19-18(6-5-11-24-19)26-20(21(29)30)27-12-14-28(15-13-27)23(32)25-17-9-7-16(8-10-17)22(31)33-4-2/h5-11H,3-4,12-15H2,1-2H3,(H,25,32). The first-order valence-electron chi connectivity index (χ1n) is 11.0. The minimum atomic E-state index is -0.397. The summed E-state index contributed by atoms with van der Waals surface area (Å²) in [5.74, 6) is -0.0151. The van der Waals surface area contributed by atoms with E-state index in [1.54, 1.807) is 52.9 Å². The predicted octanol–water partition coefficient (Wildman–Crippen LogP) is 2.34. The number of nitrogens with one attached hydrogen (secondary N) is 1. The van der Waals surface area contributed by atoms with E-state index in [-0.39, 0.29) is 11.6 Å². The van der Waals surface area contributed by atoms with E-state index in [1.165, 1.54) is 0 Å². The minimum absolute atomic E-state index is 0.178. The maximum absolute atomic E-state index is 13.0. The lowest BCUT2D eigenvalue weighted by atomic mass is 10.2. The van der Waals surface area contributed by atoms with Crippen molar-refractivity contribution in [1.29, 1.82) is 0 Å². The van der Waals surface area contributed by atoms with Crippen LogP contribution in [-0.2, 0) is 11.3 Å². The van der Waals surface area contributed by atoms with Crippen LogP contribution in [0.15, 0.2) is 47.4 Å². The van der Waals surface area contributed by atoms with Gasteiger partial charge in [-0.05, 0) is 50.2 Å². The number of nitrogens with zero attached hydrogens (tertiary/aromatic N) is 5.